The molecule has 1 atom stereocenters. The van der Waals surface area contributed by atoms with Gasteiger partial charge in [0.25, 0.3) is 0 Å². The normalized spacial score (nSPS) is 22.6. The molecule has 2 aliphatic heterocycles. The number of hydrogen-bond acceptors (Lipinski definition) is 5. The van der Waals surface area contributed by atoms with Crippen molar-refractivity contribution >= 4 is 10.0 Å². The van der Waals surface area contributed by atoms with Gasteiger partial charge in [0.05, 0.1) is 18.1 Å². The minimum Gasteiger partial charge on any atom is -0.379 e. The predicted molar refractivity (Wildman–Crippen MR) is 88.8 cm³/mol. The van der Waals surface area contributed by atoms with Crippen LogP contribution in [-0.4, -0.2) is 76.1 Å². The van der Waals surface area contributed by atoms with E-state index >= 15 is 0 Å². The first kappa shape index (κ1) is 18.7. The first-order chi connectivity index (χ1) is 12.0. The van der Waals surface area contributed by atoms with Crippen molar-refractivity contribution in [2.75, 3.05) is 52.5 Å². The maximum absolute atomic E-state index is 13.5. The molecule has 0 amide bonds. The topological polar surface area (TPSA) is 61.9 Å². The third-order valence-corrected chi connectivity index (χ3v) is 6.55. The highest BCUT2D eigenvalue weighted by Crippen LogP contribution is 2.23. The molecule has 9 heteroatoms. The maximum Gasteiger partial charge on any atom is 0.243 e. The van der Waals surface area contributed by atoms with E-state index in [1.807, 2.05) is 0 Å². The minimum atomic E-state index is -3.97. The Balaban J connectivity index is 1.81. The summed E-state index contributed by atoms with van der Waals surface area (Å²) in [7, 11) is -3.97. The number of ether oxygens (including phenoxy) is 1. The Bertz CT molecular complexity index is 670. The summed E-state index contributed by atoms with van der Waals surface area (Å²) in [4.78, 5) is 1.81. The first-order valence-corrected chi connectivity index (χ1v) is 9.89. The predicted octanol–water partition coefficient (Wildman–Crippen LogP) is 0.650. The Morgan fingerprint density at radius 2 is 1.88 bits per heavy atom. The lowest BCUT2D eigenvalue weighted by atomic mass is 10.2. The van der Waals surface area contributed by atoms with Crippen LogP contribution in [0.15, 0.2) is 23.1 Å². The highest BCUT2D eigenvalue weighted by Gasteiger charge is 2.34. The molecule has 0 aliphatic carbocycles. The number of benzene rings is 1. The van der Waals surface area contributed by atoms with Crippen LogP contribution in [0.25, 0.3) is 0 Å². The van der Waals surface area contributed by atoms with Gasteiger partial charge < -0.3 is 10.1 Å². The van der Waals surface area contributed by atoms with Gasteiger partial charge >= 0.3 is 0 Å². The smallest absolute Gasteiger partial charge is 0.243 e. The Labute approximate surface area is 146 Å². The number of nitrogens with one attached hydrogen (secondary N) is 1. The Morgan fingerprint density at radius 1 is 1.20 bits per heavy atom. The molecule has 2 saturated heterocycles. The van der Waals surface area contributed by atoms with E-state index in [1.54, 1.807) is 0 Å². The van der Waals surface area contributed by atoms with E-state index in [4.69, 9.17) is 4.74 Å². The second kappa shape index (κ2) is 8.05. The molecular weight excluding hydrogens is 352 g/mol. The van der Waals surface area contributed by atoms with Gasteiger partial charge in [-0.1, -0.05) is 0 Å². The molecule has 0 spiro atoms. The monoisotopic (exact) mass is 375 g/mol. The summed E-state index contributed by atoms with van der Waals surface area (Å²) in [6.07, 6.45) is 0.681. The fourth-order valence-electron chi connectivity index (χ4n) is 3.26. The summed E-state index contributed by atoms with van der Waals surface area (Å²) in [6, 6.07) is 2.22. The summed E-state index contributed by atoms with van der Waals surface area (Å²) in [5, 5.41) is 3.15. The molecule has 0 saturated carbocycles. The molecule has 140 valence electrons. The summed E-state index contributed by atoms with van der Waals surface area (Å²) in [5.41, 5.74) is 0. The van der Waals surface area contributed by atoms with Crippen LogP contribution in [0.1, 0.15) is 6.42 Å². The van der Waals surface area contributed by atoms with Crippen LogP contribution in [-0.2, 0) is 14.8 Å². The van der Waals surface area contributed by atoms with Gasteiger partial charge in [0.15, 0.2) is 0 Å². The zero-order valence-corrected chi connectivity index (χ0v) is 14.8. The van der Waals surface area contributed by atoms with Crippen molar-refractivity contribution in [2.24, 2.45) is 0 Å². The number of nitrogens with zero attached hydrogens (tertiary/aromatic N) is 2. The molecule has 3 rings (SSSR count). The van der Waals surface area contributed by atoms with Crippen molar-refractivity contribution in [3.63, 3.8) is 0 Å². The quantitative estimate of drug-likeness (QED) is 0.791. The third kappa shape index (κ3) is 4.53. The highest BCUT2D eigenvalue weighted by atomic mass is 32.2. The fourth-order valence-corrected chi connectivity index (χ4v) is 4.95. The van der Waals surface area contributed by atoms with Crippen molar-refractivity contribution in [3.05, 3.63) is 29.8 Å². The van der Waals surface area contributed by atoms with Gasteiger partial charge in [-0.15, -0.1) is 0 Å². The molecular formula is C16H23F2N3O3S. The van der Waals surface area contributed by atoms with Gasteiger partial charge in [-0.2, -0.15) is 4.31 Å². The van der Waals surface area contributed by atoms with Crippen molar-refractivity contribution in [1.29, 1.82) is 0 Å². The molecule has 0 radical (unpaired) electrons. The van der Waals surface area contributed by atoms with Gasteiger partial charge in [0, 0.05) is 44.8 Å². The van der Waals surface area contributed by atoms with Gasteiger partial charge in [0.1, 0.15) is 11.6 Å². The lowest BCUT2D eigenvalue weighted by Gasteiger charge is -2.32. The van der Waals surface area contributed by atoms with Crippen molar-refractivity contribution in [2.45, 2.75) is 17.4 Å². The Kier molecular flexibility index (Phi) is 6.00. The van der Waals surface area contributed by atoms with E-state index in [2.05, 4.69) is 10.2 Å². The first-order valence-electron chi connectivity index (χ1n) is 8.45. The van der Waals surface area contributed by atoms with Gasteiger partial charge in [-0.05, 0) is 25.1 Å². The summed E-state index contributed by atoms with van der Waals surface area (Å²) in [6.45, 7) is 4.89. The molecule has 0 bridgehead atoms. The highest BCUT2D eigenvalue weighted by molar-refractivity contribution is 7.89. The number of morpholine rings is 1. The van der Waals surface area contributed by atoms with Crippen LogP contribution in [0.3, 0.4) is 0 Å². The number of hydrogen-bond donors (Lipinski definition) is 1. The molecule has 1 N–H and O–H groups in total. The number of halogens is 2. The zero-order valence-electron chi connectivity index (χ0n) is 14.0. The average Bonchev–Trinajstić information content (AvgIpc) is 3.09. The van der Waals surface area contributed by atoms with Crippen molar-refractivity contribution < 1.29 is 21.9 Å². The summed E-state index contributed by atoms with van der Waals surface area (Å²) < 4.78 is 59.8. The van der Waals surface area contributed by atoms with Gasteiger partial charge in [-0.3, -0.25) is 4.90 Å². The Morgan fingerprint density at radius 3 is 2.48 bits per heavy atom. The standard InChI is InChI=1S/C16H23F2N3O3S/c17-13-9-14(18)11-16(10-13)25(22,23)21(15-1-2-19-12-15)4-3-20-5-7-24-8-6-20/h9-11,15,19H,1-8,12H2. The van der Waals surface area contributed by atoms with Crippen molar-refractivity contribution in [3.8, 4) is 0 Å². The van der Waals surface area contributed by atoms with Gasteiger partial charge in [0.2, 0.25) is 10.0 Å². The van der Waals surface area contributed by atoms with E-state index in [1.165, 1.54) is 4.31 Å². The lowest BCUT2D eigenvalue weighted by molar-refractivity contribution is 0.0355. The second-order valence-electron chi connectivity index (χ2n) is 6.32. The van der Waals surface area contributed by atoms with E-state index in [0.717, 1.165) is 31.8 Å². The summed E-state index contributed by atoms with van der Waals surface area (Å²) >= 11 is 0. The fraction of sp³-hybridized carbons (Fsp3) is 0.625. The van der Waals surface area contributed by atoms with Crippen molar-refractivity contribution in [1.82, 2.24) is 14.5 Å². The SMILES string of the molecule is O=S(=O)(c1cc(F)cc(F)c1)N(CCN1CCOCC1)C1CCNC1. The lowest BCUT2D eigenvalue weighted by Crippen LogP contribution is -2.47. The maximum atomic E-state index is 13.5. The molecule has 25 heavy (non-hydrogen) atoms. The summed E-state index contributed by atoms with van der Waals surface area (Å²) in [5.74, 6) is -1.78. The second-order valence-corrected chi connectivity index (χ2v) is 8.21. The largest absolute Gasteiger partial charge is 0.379 e. The van der Waals surface area contributed by atoms with Crippen LogP contribution in [0.4, 0.5) is 8.78 Å². The Hall–Kier alpha value is -1.13. The van der Waals surface area contributed by atoms with E-state index in [9.17, 15) is 17.2 Å². The average molecular weight is 375 g/mol. The number of rotatable bonds is 6. The molecule has 1 unspecified atom stereocenters. The van der Waals surface area contributed by atoms with E-state index in [-0.39, 0.29) is 17.5 Å². The third-order valence-electron chi connectivity index (χ3n) is 4.62. The van der Waals surface area contributed by atoms with Gasteiger partial charge in [-0.25, -0.2) is 17.2 Å². The molecule has 2 aliphatic rings. The minimum absolute atomic E-state index is 0.211. The molecule has 2 fully saturated rings. The molecule has 1 aromatic rings. The van der Waals surface area contributed by atoms with Crippen LogP contribution in [0.5, 0.6) is 0 Å². The molecule has 2 heterocycles. The van der Waals surface area contributed by atoms with E-state index in [0.29, 0.717) is 38.8 Å². The molecule has 0 aromatic heterocycles. The zero-order chi connectivity index (χ0) is 17.9. The van der Waals surface area contributed by atoms with Crippen LogP contribution in [0, 0.1) is 11.6 Å². The van der Waals surface area contributed by atoms with E-state index < -0.39 is 21.7 Å². The van der Waals surface area contributed by atoms with Crippen LogP contribution < -0.4 is 5.32 Å². The van der Waals surface area contributed by atoms with Crippen LogP contribution in [0.2, 0.25) is 0 Å². The molecule has 6 nitrogen and oxygen atoms in total. The van der Waals surface area contributed by atoms with Crippen LogP contribution >= 0.6 is 0 Å². The number of sulfonamides is 1. The molecule has 1 aromatic carbocycles.